The van der Waals surface area contributed by atoms with E-state index in [1.54, 1.807) is 13.1 Å². The number of rotatable bonds is 3. The Labute approximate surface area is 137 Å². The molecule has 23 heavy (non-hydrogen) atoms. The summed E-state index contributed by atoms with van der Waals surface area (Å²) in [6.45, 7) is 1.61. The van der Waals surface area contributed by atoms with Crippen LogP contribution in [0.15, 0.2) is 64.5 Å². The van der Waals surface area contributed by atoms with E-state index in [0.717, 1.165) is 21.4 Å². The molecular weight excluding hydrogens is 308 g/mol. The lowest BCUT2D eigenvalue weighted by Gasteiger charge is -2.02. The molecule has 6 heteroatoms. The van der Waals surface area contributed by atoms with Crippen molar-refractivity contribution in [3.63, 3.8) is 0 Å². The number of hydrogen-bond acceptors (Lipinski definition) is 4. The van der Waals surface area contributed by atoms with Crippen LogP contribution in [0.25, 0.3) is 11.1 Å². The maximum absolute atomic E-state index is 11.9. The summed E-state index contributed by atoms with van der Waals surface area (Å²) in [6, 6.07) is 18.0. The topological polar surface area (TPSA) is 63.0 Å². The molecule has 5 nitrogen and oxygen atoms in total. The smallest absolute Gasteiger partial charge is 0.265 e. The van der Waals surface area contributed by atoms with Crippen molar-refractivity contribution in [2.75, 3.05) is 0 Å². The first kappa shape index (κ1) is 15.1. The Hall–Kier alpha value is -2.86. The monoisotopic (exact) mass is 322 g/mol. The average molecular weight is 322 g/mol. The van der Waals surface area contributed by atoms with Crippen LogP contribution >= 0.6 is 12.2 Å². The van der Waals surface area contributed by atoms with Crippen LogP contribution in [-0.4, -0.2) is 21.1 Å². The molecule has 0 unspecified atom stereocenters. The molecule has 0 aliphatic rings. The van der Waals surface area contributed by atoms with E-state index in [1.807, 2.05) is 42.5 Å². The van der Waals surface area contributed by atoms with Gasteiger partial charge in [0.2, 0.25) is 4.77 Å². The number of aromatic nitrogens is 3. The Morgan fingerprint density at radius 3 is 2.43 bits per heavy atom. The third-order valence-electron chi connectivity index (χ3n) is 3.35. The standard InChI is InChI=1S/C17H14N4OS/c1-12-16(22)21(17(23)20-19-12)18-11-13-7-9-15(10-8-13)14-5-3-2-4-6-14/h2-11H,1H3,(H,20,23). The van der Waals surface area contributed by atoms with Gasteiger partial charge in [0, 0.05) is 0 Å². The first-order chi connectivity index (χ1) is 11.1. The third kappa shape index (κ3) is 3.32. The summed E-state index contributed by atoms with van der Waals surface area (Å²) in [4.78, 5) is 11.9. The van der Waals surface area contributed by atoms with Gasteiger partial charge in [-0.05, 0) is 35.8 Å². The van der Waals surface area contributed by atoms with Crippen LogP contribution in [0.5, 0.6) is 0 Å². The Morgan fingerprint density at radius 1 is 1.09 bits per heavy atom. The van der Waals surface area contributed by atoms with Crippen molar-refractivity contribution >= 4 is 18.4 Å². The molecule has 3 rings (SSSR count). The molecule has 0 saturated carbocycles. The molecule has 1 heterocycles. The SMILES string of the molecule is Cc1n[nH]c(=S)n(N=Cc2ccc(-c3ccccc3)cc2)c1=O. The minimum atomic E-state index is -0.328. The molecule has 0 bridgehead atoms. The lowest BCUT2D eigenvalue weighted by Crippen LogP contribution is -2.22. The summed E-state index contributed by atoms with van der Waals surface area (Å²) in [6.07, 6.45) is 1.60. The zero-order chi connectivity index (χ0) is 16.2. The highest BCUT2D eigenvalue weighted by Gasteiger charge is 2.01. The van der Waals surface area contributed by atoms with Gasteiger partial charge in [0.25, 0.3) is 5.56 Å². The third-order valence-corrected chi connectivity index (χ3v) is 3.62. The average Bonchev–Trinajstić information content (AvgIpc) is 2.60. The summed E-state index contributed by atoms with van der Waals surface area (Å²) in [5, 5.41) is 10.5. The van der Waals surface area contributed by atoms with Gasteiger partial charge in [-0.2, -0.15) is 14.9 Å². The molecule has 0 spiro atoms. The fraction of sp³-hybridized carbons (Fsp3) is 0.0588. The van der Waals surface area contributed by atoms with Crippen LogP contribution in [0.3, 0.4) is 0 Å². The van der Waals surface area contributed by atoms with Crippen LogP contribution in [0.1, 0.15) is 11.3 Å². The first-order valence-corrected chi connectivity index (χ1v) is 7.44. The first-order valence-electron chi connectivity index (χ1n) is 7.03. The zero-order valence-corrected chi connectivity index (χ0v) is 13.2. The molecule has 0 saturated heterocycles. The minimum Gasteiger partial charge on any atom is -0.265 e. The molecule has 1 aromatic heterocycles. The summed E-state index contributed by atoms with van der Waals surface area (Å²) in [5.74, 6) is 0. The van der Waals surface area contributed by atoms with E-state index < -0.39 is 0 Å². The van der Waals surface area contributed by atoms with Gasteiger partial charge < -0.3 is 0 Å². The number of benzene rings is 2. The van der Waals surface area contributed by atoms with E-state index in [2.05, 4.69) is 27.4 Å². The molecule has 0 atom stereocenters. The molecule has 1 N–H and O–H groups in total. The predicted molar refractivity (Wildman–Crippen MR) is 93.3 cm³/mol. The van der Waals surface area contributed by atoms with Gasteiger partial charge in [-0.25, -0.2) is 0 Å². The predicted octanol–water partition coefficient (Wildman–Crippen LogP) is 3.16. The van der Waals surface area contributed by atoms with Gasteiger partial charge in [-0.3, -0.25) is 9.89 Å². The van der Waals surface area contributed by atoms with Gasteiger partial charge in [0.1, 0.15) is 5.69 Å². The molecule has 0 amide bonds. The van der Waals surface area contributed by atoms with Crippen molar-refractivity contribution in [2.45, 2.75) is 6.92 Å². The van der Waals surface area contributed by atoms with Gasteiger partial charge in [0.05, 0.1) is 6.21 Å². The second-order valence-corrected chi connectivity index (χ2v) is 5.35. The summed E-state index contributed by atoms with van der Waals surface area (Å²) in [7, 11) is 0. The van der Waals surface area contributed by atoms with Crippen LogP contribution in [0, 0.1) is 11.7 Å². The fourth-order valence-electron chi connectivity index (χ4n) is 2.09. The number of aryl methyl sites for hydroxylation is 1. The molecule has 0 aliphatic heterocycles. The van der Waals surface area contributed by atoms with Crippen molar-refractivity contribution in [1.82, 2.24) is 14.9 Å². The highest BCUT2D eigenvalue weighted by atomic mass is 32.1. The van der Waals surface area contributed by atoms with E-state index >= 15 is 0 Å². The second kappa shape index (κ2) is 6.50. The summed E-state index contributed by atoms with van der Waals surface area (Å²) >= 11 is 5.03. The van der Waals surface area contributed by atoms with Crippen molar-refractivity contribution in [3.05, 3.63) is 81.0 Å². The quantitative estimate of drug-likeness (QED) is 0.595. The maximum atomic E-state index is 11.9. The molecule has 0 fully saturated rings. The Kier molecular flexibility index (Phi) is 4.25. The van der Waals surface area contributed by atoms with Crippen LogP contribution < -0.4 is 5.56 Å². The molecule has 2 aromatic carbocycles. The maximum Gasteiger partial charge on any atom is 0.296 e. The van der Waals surface area contributed by atoms with Crippen LogP contribution in [-0.2, 0) is 0 Å². The van der Waals surface area contributed by atoms with E-state index in [0.29, 0.717) is 5.69 Å². The Morgan fingerprint density at radius 2 is 1.74 bits per heavy atom. The lowest BCUT2D eigenvalue weighted by atomic mass is 10.0. The van der Waals surface area contributed by atoms with Crippen molar-refractivity contribution in [1.29, 1.82) is 0 Å². The normalized spacial score (nSPS) is 11.0. The number of aromatic amines is 1. The highest BCUT2D eigenvalue weighted by molar-refractivity contribution is 7.71. The fourth-order valence-corrected chi connectivity index (χ4v) is 2.27. The van der Waals surface area contributed by atoms with E-state index in [1.165, 1.54) is 0 Å². The largest absolute Gasteiger partial charge is 0.296 e. The molecular formula is C17H14N4OS. The molecule has 0 radical (unpaired) electrons. The van der Waals surface area contributed by atoms with Gasteiger partial charge >= 0.3 is 0 Å². The zero-order valence-electron chi connectivity index (χ0n) is 12.4. The minimum absolute atomic E-state index is 0.165. The van der Waals surface area contributed by atoms with Crippen molar-refractivity contribution < 1.29 is 0 Å². The summed E-state index contributed by atoms with van der Waals surface area (Å²) < 4.78 is 1.29. The molecule has 0 aliphatic carbocycles. The highest BCUT2D eigenvalue weighted by Crippen LogP contribution is 2.18. The lowest BCUT2D eigenvalue weighted by molar-refractivity contribution is 0.720. The number of nitrogens with zero attached hydrogens (tertiary/aromatic N) is 3. The van der Waals surface area contributed by atoms with Crippen LogP contribution in [0.2, 0.25) is 0 Å². The van der Waals surface area contributed by atoms with E-state index in [4.69, 9.17) is 12.2 Å². The number of nitrogens with one attached hydrogen (secondary N) is 1. The number of hydrogen-bond donors (Lipinski definition) is 1. The Balaban J connectivity index is 1.89. The van der Waals surface area contributed by atoms with Gasteiger partial charge in [0.15, 0.2) is 0 Å². The second-order valence-electron chi connectivity index (χ2n) is 4.96. The molecule has 114 valence electrons. The Bertz CT molecular complexity index is 956. The summed E-state index contributed by atoms with van der Waals surface area (Å²) in [5.41, 5.74) is 3.14. The number of H-pyrrole nitrogens is 1. The van der Waals surface area contributed by atoms with E-state index in [-0.39, 0.29) is 10.3 Å². The van der Waals surface area contributed by atoms with E-state index in [9.17, 15) is 4.79 Å². The van der Waals surface area contributed by atoms with Gasteiger partial charge in [-0.15, -0.1) is 0 Å². The van der Waals surface area contributed by atoms with Gasteiger partial charge in [-0.1, -0.05) is 54.6 Å². The molecule has 3 aromatic rings. The van der Waals surface area contributed by atoms with Crippen LogP contribution in [0.4, 0.5) is 0 Å². The van der Waals surface area contributed by atoms with Crippen molar-refractivity contribution in [3.8, 4) is 11.1 Å². The van der Waals surface area contributed by atoms with Crippen molar-refractivity contribution in [2.24, 2.45) is 5.10 Å².